The second kappa shape index (κ2) is 7.98. The van der Waals surface area contributed by atoms with Crippen LogP contribution < -0.4 is 4.74 Å². The molecular formula is C21H24FN5O3. The van der Waals surface area contributed by atoms with Gasteiger partial charge >= 0.3 is 12.0 Å². The number of ether oxygens (including phenoxy) is 2. The number of aryl methyl sites for hydroxylation is 1. The molecule has 4 rings (SSSR count). The van der Waals surface area contributed by atoms with Gasteiger partial charge in [0, 0.05) is 23.9 Å². The number of halogens is 1. The van der Waals surface area contributed by atoms with Crippen molar-refractivity contribution < 1.29 is 18.7 Å². The molecule has 158 valence electrons. The normalized spacial score (nSPS) is 19.8. The molecule has 1 aliphatic heterocycles. The van der Waals surface area contributed by atoms with Crippen LogP contribution >= 0.6 is 0 Å². The van der Waals surface area contributed by atoms with Crippen molar-refractivity contribution in [1.82, 2.24) is 24.6 Å². The average Bonchev–Trinajstić information content (AvgIpc) is 3.15. The van der Waals surface area contributed by atoms with E-state index in [-0.39, 0.29) is 17.6 Å². The van der Waals surface area contributed by atoms with E-state index >= 15 is 0 Å². The van der Waals surface area contributed by atoms with Crippen molar-refractivity contribution in [3.8, 4) is 11.8 Å². The summed E-state index contributed by atoms with van der Waals surface area (Å²) in [5.74, 6) is -0.400. The van der Waals surface area contributed by atoms with Gasteiger partial charge in [-0.25, -0.2) is 13.9 Å². The van der Waals surface area contributed by atoms with Gasteiger partial charge in [0.25, 0.3) is 0 Å². The first-order valence-corrected chi connectivity index (χ1v) is 9.74. The maximum atomic E-state index is 14.8. The highest BCUT2D eigenvalue weighted by atomic mass is 19.1. The molecule has 3 heterocycles. The number of nitrogens with zero attached hydrogens (tertiary/aromatic N) is 5. The number of methoxy groups -OCH3 is 2. The van der Waals surface area contributed by atoms with Crippen LogP contribution in [0.2, 0.25) is 0 Å². The fourth-order valence-corrected chi connectivity index (χ4v) is 4.01. The largest absolute Gasteiger partial charge is 0.467 e. The minimum Gasteiger partial charge on any atom is -0.467 e. The molecule has 0 saturated carbocycles. The number of carbonyl (C=O) groups excluding carboxylic acids is 1. The van der Waals surface area contributed by atoms with Gasteiger partial charge in [-0.05, 0) is 50.2 Å². The van der Waals surface area contributed by atoms with Gasteiger partial charge in [0.2, 0.25) is 0 Å². The molecule has 8 nitrogen and oxygen atoms in total. The topological polar surface area (TPSA) is 82.4 Å². The van der Waals surface area contributed by atoms with E-state index in [1.54, 1.807) is 10.9 Å². The molecule has 2 atom stereocenters. The molecule has 9 heteroatoms. The SMILES string of the molecule is COC(=O)c1cc(-n2ncc3cc(C)c([C@@H]4CCN(C)C[C@@H]4F)cc32)nc(OC)n1. The van der Waals surface area contributed by atoms with Crippen molar-refractivity contribution in [1.29, 1.82) is 0 Å². The summed E-state index contributed by atoms with van der Waals surface area (Å²) >= 11 is 0. The van der Waals surface area contributed by atoms with Gasteiger partial charge in [0.05, 0.1) is 25.9 Å². The molecule has 1 aromatic carbocycles. The van der Waals surface area contributed by atoms with Crippen molar-refractivity contribution in [2.75, 3.05) is 34.4 Å². The highest BCUT2D eigenvalue weighted by molar-refractivity contribution is 5.88. The van der Waals surface area contributed by atoms with Crippen LogP contribution in [0, 0.1) is 6.92 Å². The summed E-state index contributed by atoms with van der Waals surface area (Å²) in [5, 5.41) is 5.34. The van der Waals surface area contributed by atoms with Crippen LogP contribution in [0.3, 0.4) is 0 Å². The third-order valence-electron chi connectivity index (χ3n) is 5.59. The van der Waals surface area contributed by atoms with E-state index in [0.717, 1.165) is 35.0 Å². The Morgan fingerprint density at radius 2 is 2.03 bits per heavy atom. The van der Waals surface area contributed by atoms with E-state index in [0.29, 0.717) is 12.4 Å². The summed E-state index contributed by atoms with van der Waals surface area (Å²) < 4.78 is 26.4. The predicted octanol–water partition coefficient (Wildman–Crippen LogP) is 2.68. The minimum atomic E-state index is -0.929. The van der Waals surface area contributed by atoms with E-state index in [1.165, 1.54) is 20.3 Å². The van der Waals surface area contributed by atoms with Gasteiger partial charge in [-0.15, -0.1) is 0 Å². The van der Waals surface area contributed by atoms with E-state index in [4.69, 9.17) is 9.47 Å². The summed E-state index contributed by atoms with van der Waals surface area (Å²) in [6, 6.07) is 5.52. The monoisotopic (exact) mass is 413 g/mol. The highest BCUT2D eigenvalue weighted by Crippen LogP contribution is 2.34. The zero-order chi connectivity index (χ0) is 21.4. The Bertz CT molecular complexity index is 1100. The molecule has 0 radical (unpaired) electrons. The summed E-state index contributed by atoms with van der Waals surface area (Å²) in [7, 11) is 4.64. The lowest BCUT2D eigenvalue weighted by atomic mass is 9.85. The van der Waals surface area contributed by atoms with Crippen LogP contribution in [-0.2, 0) is 4.74 Å². The Hall–Kier alpha value is -3.07. The second-order valence-corrected chi connectivity index (χ2v) is 7.59. The number of alkyl halides is 1. The van der Waals surface area contributed by atoms with Crippen LogP contribution in [0.5, 0.6) is 6.01 Å². The smallest absolute Gasteiger partial charge is 0.357 e. The molecule has 0 aliphatic carbocycles. The Morgan fingerprint density at radius 3 is 2.73 bits per heavy atom. The Morgan fingerprint density at radius 1 is 1.23 bits per heavy atom. The van der Waals surface area contributed by atoms with E-state index in [9.17, 15) is 9.18 Å². The van der Waals surface area contributed by atoms with Crippen LogP contribution in [0.1, 0.15) is 34.0 Å². The van der Waals surface area contributed by atoms with Crippen LogP contribution in [0.25, 0.3) is 16.7 Å². The maximum absolute atomic E-state index is 14.8. The number of rotatable bonds is 4. The van der Waals surface area contributed by atoms with Crippen molar-refractivity contribution in [2.45, 2.75) is 25.4 Å². The summed E-state index contributed by atoms with van der Waals surface area (Å²) in [6.07, 6.45) is 1.55. The third-order valence-corrected chi connectivity index (χ3v) is 5.59. The lowest BCUT2D eigenvalue weighted by molar-refractivity contribution is 0.0592. The third kappa shape index (κ3) is 3.60. The number of esters is 1. The summed E-state index contributed by atoms with van der Waals surface area (Å²) in [4.78, 5) is 22.4. The highest BCUT2D eigenvalue weighted by Gasteiger charge is 2.30. The van der Waals surface area contributed by atoms with Crippen LogP contribution in [0.4, 0.5) is 4.39 Å². The molecule has 1 saturated heterocycles. The number of aromatic nitrogens is 4. The van der Waals surface area contributed by atoms with Gasteiger partial charge in [-0.2, -0.15) is 15.1 Å². The Labute approximate surface area is 173 Å². The fraction of sp³-hybridized carbons (Fsp3) is 0.429. The molecule has 1 aliphatic rings. The first-order chi connectivity index (χ1) is 14.4. The molecule has 0 unspecified atom stereocenters. The molecule has 0 amide bonds. The van der Waals surface area contributed by atoms with Crippen molar-refractivity contribution in [3.63, 3.8) is 0 Å². The van der Waals surface area contributed by atoms with Crippen molar-refractivity contribution in [3.05, 3.63) is 41.2 Å². The average molecular weight is 413 g/mol. The van der Waals surface area contributed by atoms with Gasteiger partial charge in [-0.1, -0.05) is 0 Å². The van der Waals surface area contributed by atoms with E-state index in [1.807, 2.05) is 31.0 Å². The van der Waals surface area contributed by atoms with Gasteiger partial charge in [-0.3, -0.25) is 0 Å². The quantitative estimate of drug-likeness (QED) is 0.608. The van der Waals surface area contributed by atoms with Crippen LogP contribution in [-0.4, -0.2) is 71.1 Å². The molecule has 0 spiro atoms. The number of benzene rings is 1. The lowest BCUT2D eigenvalue weighted by Crippen LogP contribution is -2.38. The number of carbonyl (C=O) groups is 1. The molecule has 1 fully saturated rings. The van der Waals surface area contributed by atoms with Crippen molar-refractivity contribution >= 4 is 16.9 Å². The Kier molecular flexibility index (Phi) is 5.38. The zero-order valence-corrected chi connectivity index (χ0v) is 17.4. The first-order valence-electron chi connectivity index (χ1n) is 9.74. The summed E-state index contributed by atoms with van der Waals surface area (Å²) in [6.45, 7) is 3.28. The van der Waals surface area contributed by atoms with Gasteiger partial charge in [0.1, 0.15) is 6.17 Å². The molecular weight excluding hydrogens is 389 g/mol. The van der Waals surface area contributed by atoms with Crippen molar-refractivity contribution in [2.24, 2.45) is 0 Å². The number of fused-ring (bicyclic) bond motifs is 1. The molecule has 0 N–H and O–H groups in total. The van der Waals surface area contributed by atoms with E-state index < -0.39 is 12.1 Å². The standard InChI is InChI=1S/C21H24FN5O3/c1-12-7-13-10-23-27(19-9-17(20(28)29-3)24-21(25-19)30-4)18(13)8-15(12)14-5-6-26(2)11-16(14)22/h7-10,14,16H,5-6,11H2,1-4H3/t14-,16-/m0/s1. The van der Waals surface area contributed by atoms with Gasteiger partial charge < -0.3 is 14.4 Å². The fourth-order valence-electron chi connectivity index (χ4n) is 4.01. The first kappa shape index (κ1) is 20.2. The molecule has 2 aromatic heterocycles. The lowest BCUT2D eigenvalue weighted by Gasteiger charge is -2.33. The maximum Gasteiger partial charge on any atom is 0.357 e. The molecule has 0 bridgehead atoms. The number of likely N-dealkylation sites (tertiary alicyclic amines) is 1. The number of hydrogen-bond donors (Lipinski definition) is 0. The van der Waals surface area contributed by atoms with Crippen LogP contribution in [0.15, 0.2) is 24.4 Å². The zero-order valence-electron chi connectivity index (χ0n) is 17.4. The molecule has 3 aromatic rings. The second-order valence-electron chi connectivity index (χ2n) is 7.59. The molecule has 30 heavy (non-hydrogen) atoms. The van der Waals surface area contributed by atoms with E-state index in [2.05, 4.69) is 15.1 Å². The Balaban J connectivity index is 1.82. The van der Waals surface area contributed by atoms with Gasteiger partial charge in [0.15, 0.2) is 11.5 Å². The minimum absolute atomic E-state index is 0.0306. The number of piperidine rings is 1. The predicted molar refractivity (Wildman–Crippen MR) is 109 cm³/mol. The summed E-state index contributed by atoms with van der Waals surface area (Å²) in [5.41, 5.74) is 2.85. The number of hydrogen-bond acceptors (Lipinski definition) is 7.